The summed E-state index contributed by atoms with van der Waals surface area (Å²) in [5.41, 5.74) is 1.06. The molecule has 2 atom stereocenters. The second kappa shape index (κ2) is 5.74. The van der Waals surface area contributed by atoms with Crippen LogP contribution in [0, 0.1) is 0 Å². The minimum Gasteiger partial charge on any atom is -0.495 e. The van der Waals surface area contributed by atoms with Gasteiger partial charge in [0.1, 0.15) is 5.75 Å². The van der Waals surface area contributed by atoms with Gasteiger partial charge in [-0.15, -0.1) is 0 Å². The third-order valence-corrected chi connectivity index (χ3v) is 3.66. The monoisotopic (exact) mass is 299 g/mol. The lowest BCUT2D eigenvalue weighted by Gasteiger charge is -2.14. The molecule has 0 radical (unpaired) electrons. The number of benzene rings is 1. The average Bonchev–Trinajstić information content (AvgIpc) is 2.74. The molecule has 1 aromatic rings. The Kier molecular flexibility index (Phi) is 4.29. The van der Waals surface area contributed by atoms with Crippen molar-refractivity contribution in [3.8, 4) is 5.75 Å². The molecule has 0 bridgehead atoms. The second-order valence-electron chi connectivity index (χ2n) is 4.38. The van der Waals surface area contributed by atoms with Crippen molar-refractivity contribution in [2.45, 2.75) is 32.0 Å². The largest absolute Gasteiger partial charge is 0.495 e. The maximum absolute atomic E-state index is 5.76. The van der Waals surface area contributed by atoms with Crippen molar-refractivity contribution in [2.24, 2.45) is 0 Å². The van der Waals surface area contributed by atoms with Gasteiger partial charge in [-0.25, -0.2) is 0 Å². The van der Waals surface area contributed by atoms with Gasteiger partial charge in [0.25, 0.3) is 0 Å². The quantitative estimate of drug-likeness (QED) is 0.924. The molecule has 0 saturated carbocycles. The molecule has 2 unspecified atom stereocenters. The normalized spacial score (nSPS) is 23.7. The van der Waals surface area contributed by atoms with Crippen LogP contribution in [0.3, 0.4) is 0 Å². The molecule has 2 rings (SSSR count). The topological polar surface area (TPSA) is 30.5 Å². The molecule has 1 fully saturated rings. The molecule has 1 aromatic carbocycles. The van der Waals surface area contributed by atoms with E-state index in [1.54, 1.807) is 7.11 Å². The van der Waals surface area contributed by atoms with Gasteiger partial charge in [-0.2, -0.15) is 0 Å². The lowest BCUT2D eigenvalue weighted by atomic mass is 10.2. The van der Waals surface area contributed by atoms with Crippen LogP contribution < -0.4 is 10.1 Å². The summed E-state index contributed by atoms with van der Waals surface area (Å²) in [6, 6.07) is 6.01. The zero-order valence-corrected chi connectivity index (χ0v) is 11.8. The summed E-state index contributed by atoms with van der Waals surface area (Å²) in [6.45, 7) is 2.98. The predicted octanol–water partition coefficient (Wildman–Crippen LogP) is 3.44. The van der Waals surface area contributed by atoms with Crippen molar-refractivity contribution in [1.82, 2.24) is 0 Å². The molecule has 94 valence electrons. The molecule has 0 aliphatic carbocycles. The van der Waals surface area contributed by atoms with Crippen molar-refractivity contribution in [2.75, 3.05) is 19.0 Å². The van der Waals surface area contributed by atoms with Crippen LogP contribution >= 0.6 is 15.9 Å². The molecule has 1 saturated heterocycles. The van der Waals surface area contributed by atoms with Gasteiger partial charge in [-0.3, -0.25) is 0 Å². The Morgan fingerprint density at radius 3 is 2.94 bits per heavy atom. The van der Waals surface area contributed by atoms with E-state index < -0.39 is 0 Å². The van der Waals surface area contributed by atoms with E-state index in [0.717, 1.165) is 35.3 Å². The first-order valence-electron chi connectivity index (χ1n) is 5.92. The fourth-order valence-corrected chi connectivity index (χ4v) is 2.45. The molecular formula is C13H18BrNO2. The number of methoxy groups -OCH3 is 1. The van der Waals surface area contributed by atoms with Gasteiger partial charge in [0.2, 0.25) is 0 Å². The first-order chi connectivity index (χ1) is 8.19. The van der Waals surface area contributed by atoms with E-state index in [0.29, 0.717) is 12.2 Å². The van der Waals surface area contributed by atoms with Crippen molar-refractivity contribution in [1.29, 1.82) is 0 Å². The van der Waals surface area contributed by atoms with Crippen LogP contribution in [0.2, 0.25) is 0 Å². The zero-order valence-electron chi connectivity index (χ0n) is 10.2. The number of hydrogen-bond acceptors (Lipinski definition) is 3. The van der Waals surface area contributed by atoms with Gasteiger partial charge >= 0.3 is 0 Å². The molecule has 1 aliphatic heterocycles. The summed E-state index contributed by atoms with van der Waals surface area (Å²) in [6.07, 6.45) is 3.04. The number of hydrogen-bond donors (Lipinski definition) is 1. The van der Waals surface area contributed by atoms with Crippen LogP contribution in [-0.2, 0) is 4.74 Å². The van der Waals surface area contributed by atoms with E-state index in [2.05, 4.69) is 28.2 Å². The van der Waals surface area contributed by atoms with E-state index in [-0.39, 0.29) is 0 Å². The second-order valence-corrected chi connectivity index (χ2v) is 5.23. The molecule has 17 heavy (non-hydrogen) atoms. The number of ether oxygens (including phenoxy) is 2. The summed E-state index contributed by atoms with van der Waals surface area (Å²) in [7, 11) is 1.67. The Morgan fingerprint density at radius 2 is 2.29 bits per heavy atom. The Morgan fingerprint density at radius 1 is 1.47 bits per heavy atom. The number of rotatable bonds is 4. The molecule has 1 N–H and O–H groups in total. The lowest BCUT2D eigenvalue weighted by molar-refractivity contribution is 0.0637. The summed E-state index contributed by atoms with van der Waals surface area (Å²) in [5, 5.41) is 3.38. The summed E-state index contributed by atoms with van der Waals surface area (Å²) in [5.74, 6) is 0.843. The molecule has 0 aromatic heterocycles. The number of halogens is 1. The summed E-state index contributed by atoms with van der Waals surface area (Å²) >= 11 is 3.44. The predicted molar refractivity (Wildman–Crippen MR) is 72.8 cm³/mol. The molecule has 4 heteroatoms. The third kappa shape index (κ3) is 3.36. The SMILES string of the molecule is COc1cc(NCC2CCC(C)O2)ccc1Br. The minimum absolute atomic E-state index is 0.333. The van der Waals surface area contributed by atoms with E-state index in [9.17, 15) is 0 Å². The first-order valence-corrected chi connectivity index (χ1v) is 6.71. The van der Waals surface area contributed by atoms with Gasteiger partial charge in [0, 0.05) is 18.3 Å². The highest BCUT2D eigenvalue weighted by atomic mass is 79.9. The Labute approximate surface area is 111 Å². The highest BCUT2D eigenvalue weighted by Gasteiger charge is 2.21. The van der Waals surface area contributed by atoms with Gasteiger partial charge < -0.3 is 14.8 Å². The third-order valence-electron chi connectivity index (χ3n) is 3.00. The van der Waals surface area contributed by atoms with Gasteiger partial charge in [-0.05, 0) is 47.8 Å². The number of nitrogens with one attached hydrogen (secondary N) is 1. The van der Waals surface area contributed by atoms with Crippen molar-refractivity contribution in [3.05, 3.63) is 22.7 Å². The van der Waals surface area contributed by atoms with Crippen LogP contribution in [0.25, 0.3) is 0 Å². The fourth-order valence-electron chi connectivity index (χ4n) is 2.04. The molecular weight excluding hydrogens is 282 g/mol. The van der Waals surface area contributed by atoms with E-state index in [1.165, 1.54) is 0 Å². The lowest BCUT2D eigenvalue weighted by Crippen LogP contribution is -2.19. The maximum Gasteiger partial charge on any atom is 0.135 e. The van der Waals surface area contributed by atoms with Crippen LogP contribution in [0.4, 0.5) is 5.69 Å². The van der Waals surface area contributed by atoms with Crippen LogP contribution in [0.5, 0.6) is 5.75 Å². The Hall–Kier alpha value is -0.740. The van der Waals surface area contributed by atoms with E-state index in [4.69, 9.17) is 9.47 Å². The van der Waals surface area contributed by atoms with Crippen LogP contribution in [0.1, 0.15) is 19.8 Å². The average molecular weight is 300 g/mol. The zero-order chi connectivity index (χ0) is 12.3. The fraction of sp³-hybridized carbons (Fsp3) is 0.538. The first kappa shape index (κ1) is 12.7. The maximum atomic E-state index is 5.76. The van der Waals surface area contributed by atoms with Crippen LogP contribution in [-0.4, -0.2) is 25.9 Å². The molecule has 0 amide bonds. The van der Waals surface area contributed by atoms with Gasteiger partial charge in [-0.1, -0.05) is 0 Å². The van der Waals surface area contributed by atoms with Crippen LogP contribution in [0.15, 0.2) is 22.7 Å². The highest BCUT2D eigenvalue weighted by molar-refractivity contribution is 9.10. The highest BCUT2D eigenvalue weighted by Crippen LogP contribution is 2.28. The van der Waals surface area contributed by atoms with Crippen molar-refractivity contribution < 1.29 is 9.47 Å². The standard InChI is InChI=1S/C13H18BrNO2/c1-9-3-5-11(17-9)8-15-10-4-6-12(14)13(7-10)16-2/h4,6-7,9,11,15H,3,5,8H2,1-2H3. The van der Waals surface area contributed by atoms with Gasteiger partial charge in [0.15, 0.2) is 0 Å². The van der Waals surface area contributed by atoms with E-state index in [1.807, 2.05) is 18.2 Å². The summed E-state index contributed by atoms with van der Waals surface area (Å²) in [4.78, 5) is 0. The molecule has 3 nitrogen and oxygen atoms in total. The van der Waals surface area contributed by atoms with Gasteiger partial charge in [0.05, 0.1) is 23.8 Å². The molecule has 1 aliphatic rings. The minimum atomic E-state index is 0.333. The molecule has 0 spiro atoms. The smallest absolute Gasteiger partial charge is 0.135 e. The van der Waals surface area contributed by atoms with E-state index >= 15 is 0 Å². The Balaban J connectivity index is 1.90. The van der Waals surface area contributed by atoms with Crippen molar-refractivity contribution >= 4 is 21.6 Å². The summed E-state index contributed by atoms with van der Waals surface area (Å²) < 4.78 is 12.0. The Bertz CT molecular complexity index is 384. The number of anilines is 1. The van der Waals surface area contributed by atoms with Crippen molar-refractivity contribution in [3.63, 3.8) is 0 Å². The molecule has 1 heterocycles.